The third-order valence-electron chi connectivity index (χ3n) is 6.58. The summed E-state index contributed by atoms with van der Waals surface area (Å²) in [5, 5.41) is 4.79. The van der Waals surface area contributed by atoms with E-state index in [-0.39, 0.29) is 0 Å². The first-order valence-electron chi connectivity index (χ1n) is 8.15. The van der Waals surface area contributed by atoms with E-state index < -0.39 is 46.8 Å². The predicted molar refractivity (Wildman–Crippen MR) is 81.8 cm³/mol. The summed E-state index contributed by atoms with van der Waals surface area (Å²) in [7, 11) is 1.92. The summed E-state index contributed by atoms with van der Waals surface area (Å²) in [5.41, 5.74) is -2.12. The van der Waals surface area contributed by atoms with E-state index in [1.54, 1.807) is 23.6 Å². The van der Waals surface area contributed by atoms with Crippen LogP contribution in [0.1, 0.15) is 13.8 Å². The normalized spacial score (nSPS) is 42.3. The Kier molecular flexibility index (Phi) is 2.86. The maximum atomic E-state index is 12.6. The molecular weight excluding hydrogens is 314 g/mol. The highest BCUT2D eigenvalue weighted by Gasteiger charge is 2.80. The number of carbonyl (C=O) groups is 4. The van der Waals surface area contributed by atoms with Crippen LogP contribution < -0.4 is 10.6 Å². The number of amides is 6. The first-order valence-corrected chi connectivity index (χ1v) is 8.15. The Hall–Kier alpha value is -2.16. The zero-order chi connectivity index (χ0) is 17.4. The van der Waals surface area contributed by atoms with Gasteiger partial charge in [0.1, 0.15) is 0 Å². The average Bonchev–Trinajstić information content (AvgIpc) is 2.59. The molecule has 9 nitrogen and oxygen atoms in total. The summed E-state index contributed by atoms with van der Waals surface area (Å²) in [5.74, 6) is -0.880. The third kappa shape index (κ3) is 1.49. The van der Waals surface area contributed by atoms with Gasteiger partial charge in [0.2, 0.25) is 11.8 Å². The number of likely N-dealkylation sites (N-methyl/N-ethyl adjacent to an activating group) is 1. The molecule has 4 rings (SSSR count). The molecule has 24 heavy (non-hydrogen) atoms. The summed E-state index contributed by atoms with van der Waals surface area (Å²) >= 11 is 0. The van der Waals surface area contributed by atoms with Gasteiger partial charge in [-0.05, 0) is 20.9 Å². The SMILES string of the molecule is CN1CCN2C(=O)NC(=O)C3(C)C2C2N(CC1)C(=O)NC(=O)C23C. The van der Waals surface area contributed by atoms with Crippen LogP contribution in [-0.2, 0) is 9.59 Å². The van der Waals surface area contributed by atoms with Crippen molar-refractivity contribution in [1.29, 1.82) is 0 Å². The minimum Gasteiger partial charge on any atom is -0.317 e. The second kappa shape index (κ2) is 4.47. The van der Waals surface area contributed by atoms with Crippen LogP contribution in [0.3, 0.4) is 0 Å². The second-order valence-electron chi connectivity index (χ2n) is 7.50. The molecule has 6 amide bonds. The molecule has 0 radical (unpaired) electrons. The monoisotopic (exact) mass is 335 g/mol. The lowest BCUT2D eigenvalue weighted by Gasteiger charge is -2.71. The molecule has 3 aliphatic heterocycles. The molecular formula is C15H21N5O4. The minimum atomic E-state index is -1.06. The maximum Gasteiger partial charge on any atom is 0.324 e. The number of nitrogens with zero attached hydrogens (tertiary/aromatic N) is 3. The topological polar surface area (TPSA) is 102 Å². The van der Waals surface area contributed by atoms with Crippen molar-refractivity contribution in [1.82, 2.24) is 25.3 Å². The largest absolute Gasteiger partial charge is 0.324 e. The molecule has 130 valence electrons. The van der Waals surface area contributed by atoms with Crippen molar-refractivity contribution in [3.05, 3.63) is 0 Å². The van der Waals surface area contributed by atoms with Gasteiger partial charge in [-0.3, -0.25) is 20.2 Å². The highest BCUT2D eigenvalue weighted by atomic mass is 16.2. The first kappa shape index (κ1) is 15.4. The van der Waals surface area contributed by atoms with Gasteiger partial charge in [-0.15, -0.1) is 0 Å². The van der Waals surface area contributed by atoms with Gasteiger partial charge in [-0.25, -0.2) is 9.59 Å². The Labute approximate surface area is 139 Å². The Morgan fingerprint density at radius 2 is 1.17 bits per heavy atom. The van der Waals surface area contributed by atoms with Gasteiger partial charge in [0.15, 0.2) is 0 Å². The molecule has 1 saturated carbocycles. The molecule has 0 aromatic heterocycles. The molecule has 0 bridgehead atoms. The van der Waals surface area contributed by atoms with Crippen molar-refractivity contribution in [2.45, 2.75) is 25.9 Å². The van der Waals surface area contributed by atoms with Crippen LogP contribution in [0.5, 0.6) is 0 Å². The number of hydrogen-bond acceptors (Lipinski definition) is 5. The standard InChI is InChI=1S/C15H21N5O4/c1-14-8-9-15(14,2)11(22)17-13(24)20(9)7-5-18(3)4-6-19(8)12(23)16-10(14)21/h8-9H,4-7H2,1-3H3,(H,16,21,23)(H,17,22,24). The molecule has 0 spiro atoms. The quantitative estimate of drug-likeness (QED) is 0.579. The van der Waals surface area contributed by atoms with Crippen LogP contribution in [0.15, 0.2) is 0 Å². The molecule has 0 aromatic carbocycles. The fourth-order valence-electron chi connectivity index (χ4n) is 4.85. The van der Waals surface area contributed by atoms with Gasteiger partial charge in [0.25, 0.3) is 0 Å². The zero-order valence-corrected chi connectivity index (χ0v) is 14.0. The molecule has 2 N–H and O–H groups in total. The van der Waals surface area contributed by atoms with E-state index in [2.05, 4.69) is 10.6 Å². The first-order chi connectivity index (χ1) is 11.2. The van der Waals surface area contributed by atoms with E-state index in [1.165, 1.54) is 0 Å². The summed E-state index contributed by atoms with van der Waals surface area (Å²) in [6, 6.07) is -1.85. The Morgan fingerprint density at radius 3 is 1.54 bits per heavy atom. The Bertz CT molecular complexity index is 625. The summed E-state index contributed by atoms with van der Waals surface area (Å²) in [4.78, 5) is 55.3. The molecule has 3 saturated heterocycles. The Balaban J connectivity index is 1.88. The molecule has 4 atom stereocenters. The number of nitrogens with one attached hydrogen (secondary N) is 2. The van der Waals surface area contributed by atoms with Gasteiger partial charge in [0.05, 0.1) is 22.9 Å². The average molecular weight is 335 g/mol. The zero-order valence-electron chi connectivity index (χ0n) is 14.0. The van der Waals surface area contributed by atoms with E-state index >= 15 is 0 Å². The fraction of sp³-hybridized carbons (Fsp3) is 0.733. The van der Waals surface area contributed by atoms with E-state index in [0.717, 1.165) is 0 Å². The second-order valence-corrected chi connectivity index (χ2v) is 7.50. The lowest BCUT2D eigenvalue weighted by Crippen LogP contribution is -2.91. The number of carbonyl (C=O) groups excluding carboxylic acids is 4. The van der Waals surface area contributed by atoms with Crippen molar-refractivity contribution in [2.24, 2.45) is 10.8 Å². The smallest absolute Gasteiger partial charge is 0.317 e. The van der Waals surface area contributed by atoms with Gasteiger partial charge < -0.3 is 14.7 Å². The van der Waals surface area contributed by atoms with Crippen molar-refractivity contribution in [3.63, 3.8) is 0 Å². The van der Waals surface area contributed by atoms with Crippen molar-refractivity contribution in [2.75, 3.05) is 33.2 Å². The molecule has 9 heteroatoms. The Morgan fingerprint density at radius 1 is 0.792 bits per heavy atom. The van der Waals surface area contributed by atoms with Gasteiger partial charge in [-0.2, -0.15) is 0 Å². The van der Waals surface area contributed by atoms with Crippen molar-refractivity contribution in [3.8, 4) is 0 Å². The molecule has 4 aliphatic rings. The highest BCUT2D eigenvalue weighted by Crippen LogP contribution is 2.62. The number of rotatable bonds is 0. The van der Waals surface area contributed by atoms with Crippen LogP contribution in [0.4, 0.5) is 9.59 Å². The number of urea groups is 2. The molecule has 4 unspecified atom stereocenters. The third-order valence-corrected chi connectivity index (χ3v) is 6.58. The molecule has 3 heterocycles. The number of fused-ring (bicyclic) bond motifs is 1. The van der Waals surface area contributed by atoms with Crippen molar-refractivity contribution < 1.29 is 19.2 Å². The molecule has 4 fully saturated rings. The fourth-order valence-corrected chi connectivity index (χ4v) is 4.85. The van der Waals surface area contributed by atoms with Gasteiger partial charge in [-0.1, -0.05) is 0 Å². The molecule has 0 aromatic rings. The van der Waals surface area contributed by atoms with E-state index in [0.29, 0.717) is 26.2 Å². The van der Waals surface area contributed by atoms with Gasteiger partial charge >= 0.3 is 12.1 Å². The van der Waals surface area contributed by atoms with Crippen LogP contribution in [0.25, 0.3) is 0 Å². The summed E-state index contributed by atoms with van der Waals surface area (Å²) < 4.78 is 0. The van der Waals surface area contributed by atoms with E-state index in [1.807, 2.05) is 11.9 Å². The summed E-state index contributed by atoms with van der Waals surface area (Å²) in [6.07, 6.45) is 0. The molecule has 1 aliphatic carbocycles. The highest BCUT2D eigenvalue weighted by molar-refractivity contribution is 6.10. The number of imide groups is 2. The number of hydrogen-bond donors (Lipinski definition) is 2. The van der Waals surface area contributed by atoms with E-state index in [9.17, 15) is 19.2 Å². The van der Waals surface area contributed by atoms with Crippen LogP contribution >= 0.6 is 0 Å². The van der Waals surface area contributed by atoms with Crippen LogP contribution in [0, 0.1) is 10.8 Å². The van der Waals surface area contributed by atoms with Gasteiger partial charge in [0, 0.05) is 26.2 Å². The van der Waals surface area contributed by atoms with Crippen molar-refractivity contribution >= 4 is 23.9 Å². The van der Waals surface area contributed by atoms with Crippen LogP contribution in [0.2, 0.25) is 0 Å². The summed E-state index contributed by atoms with van der Waals surface area (Å²) in [6.45, 7) is 5.62. The predicted octanol–water partition coefficient (Wildman–Crippen LogP) is -1.20. The van der Waals surface area contributed by atoms with Crippen LogP contribution in [-0.4, -0.2) is 83.9 Å². The lowest BCUT2D eigenvalue weighted by molar-refractivity contribution is -0.212. The maximum absolute atomic E-state index is 12.6. The lowest BCUT2D eigenvalue weighted by atomic mass is 9.42. The minimum absolute atomic E-state index is 0.440. The van der Waals surface area contributed by atoms with E-state index in [4.69, 9.17) is 0 Å².